The van der Waals surface area contributed by atoms with E-state index in [0.29, 0.717) is 24.6 Å². The van der Waals surface area contributed by atoms with Crippen molar-refractivity contribution in [2.24, 2.45) is 0 Å². The van der Waals surface area contributed by atoms with Crippen LogP contribution in [0, 0.1) is 0 Å². The fraction of sp³-hybridized carbons (Fsp3) is 0.167. The number of amides is 2. The van der Waals surface area contributed by atoms with Crippen molar-refractivity contribution in [3.05, 3.63) is 61.2 Å². The first-order valence-electron chi connectivity index (χ1n) is 8.13. The van der Waals surface area contributed by atoms with E-state index in [-0.39, 0.29) is 6.03 Å². The van der Waals surface area contributed by atoms with Crippen LogP contribution in [-0.2, 0) is 0 Å². The number of ether oxygens (including phenoxy) is 1. The van der Waals surface area contributed by atoms with Gasteiger partial charge in [0.25, 0.3) is 0 Å². The van der Waals surface area contributed by atoms with Crippen molar-refractivity contribution >= 4 is 17.5 Å². The number of carbonyl (C=O) groups excluding carboxylic acids is 1. The second kappa shape index (κ2) is 8.52. The molecule has 0 radical (unpaired) electrons. The van der Waals surface area contributed by atoms with E-state index >= 15 is 0 Å². The molecule has 0 saturated carbocycles. The number of anilines is 2. The quantitative estimate of drug-likeness (QED) is 0.568. The number of nitrogens with one attached hydrogen (secondary N) is 3. The molecule has 2 heterocycles. The van der Waals surface area contributed by atoms with Crippen LogP contribution in [0.5, 0.6) is 5.75 Å². The van der Waals surface area contributed by atoms with Gasteiger partial charge in [-0.25, -0.2) is 14.8 Å². The van der Waals surface area contributed by atoms with Crippen molar-refractivity contribution in [1.82, 2.24) is 19.9 Å². The van der Waals surface area contributed by atoms with E-state index in [2.05, 4.69) is 25.9 Å². The van der Waals surface area contributed by atoms with E-state index < -0.39 is 0 Å². The lowest BCUT2D eigenvalue weighted by atomic mass is 10.3. The highest BCUT2D eigenvalue weighted by molar-refractivity contribution is 5.89. The summed E-state index contributed by atoms with van der Waals surface area (Å²) in [6, 6.07) is 12.6. The Morgan fingerprint density at radius 3 is 2.62 bits per heavy atom. The maximum Gasteiger partial charge on any atom is 0.319 e. The molecule has 134 valence electrons. The van der Waals surface area contributed by atoms with E-state index in [1.807, 2.05) is 35.2 Å². The molecular formula is C18H20N6O2. The van der Waals surface area contributed by atoms with Crippen LogP contribution in [0.2, 0.25) is 0 Å². The Morgan fingerprint density at radius 2 is 1.88 bits per heavy atom. The summed E-state index contributed by atoms with van der Waals surface area (Å²) in [5.41, 5.74) is 0.698. The lowest BCUT2D eigenvalue weighted by Crippen LogP contribution is -2.32. The van der Waals surface area contributed by atoms with E-state index in [9.17, 15) is 4.79 Å². The number of rotatable bonds is 7. The van der Waals surface area contributed by atoms with E-state index in [4.69, 9.17) is 4.74 Å². The molecule has 0 unspecified atom stereocenters. The Balaban J connectivity index is 1.42. The summed E-state index contributed by atoms with van der Waals surface area (Å²) in [5.74, 6) is 2.21. The number of benzene rings is 1. The first-order chi connectivity index (χ1) is 12.7. The summed E-state index contributed by atoms with van der Waals surface area (Å²) in [7, 11) is 1.60. The maximum absolute atomic E-state index is 11.9. The van der Waals surface area contributed by atoms with Gasteiger partial charge in [-0.3, -0.25) is 0 Å². The van der Waals surface area contributed by atoms with Crippen molar-refractivity contribution in [1.29, 1.82) is 0 Å². The van der Waals surface area contributed by atoms with Gasteiger partial charge >= 0.3 is 6.03 Å². The van der Waals surface area contributed by atoms with Gasteiger partial charge in [0.1, 0.15) is 23.7 Å². The maximum atomic E-state index is 11.9. The number of methoxy groups -OCH3 is 1. The number of urea groups is 1. The number of hydrogen-bond acceptors (Lipinski definition) is 5. The second-order valence-corrected chi connectivity index (χ2v) is 5.39. The van der Waals surface area contributed by atoms with Gasteiger partial charge in [0, 0.05) is 37.2 Å². The highest BCUT2D eigenvalue weighted by Crippen LogP contribution is 2.14. The fourth-order valence-corrected chi connectivity index (χ4v) is 2.29. The third kappa shape index (κ3) is 4.73. The molecule has 0 aliphatic rings. The molecule has 0 aliphatic carbocycles. The van der Waals surface area contributed by atoms with Crippen LogP contribution in [0.4, 0.5) is 16.3 Å². The number of hydrogen-bond donors (Lipinski definition) is 3. The van der Waals surface area contributed by atoms with Crippen LogP contribution in [0.3, 0.4) is 0 Å². The number of aromatic nitrogens is 3. The van der Waals surface area contributed by atoms with Gasteiger partial charge in [-0.1, -0.05) is 0 Å². The lowest BCUT2D eigenvalue weighted by molar-refractivity contribution is 0.252. The van der Waals surface area contributed by atoms with Crippen LogP contribution in [-0.4, -0.2) is 40.8 Å². The van der Waals surface area contributed by atoms with Gasteiger partial charge < -0.3 is 25.3 Å². The minimum absolute atomic E-state index is 0.271. The van der Waals surface area contributed by atoms with E-state index in [1.54, 1.807) is 31.4 Å². The molecule has 2 amide bonds. The summed E-state index contributed by atoms with van der Waals surface area (Å²) in [4.78, 5) is 20.3. The summed E-state index contributed by atoms with van der Waals surface area (Å²) in [6.45, 7) is 0.989. The smallest absolute Gasteiger partial charge is 0.319 e. The van der Waals surface area contributed by atoms with Crippen LogP contribution in [0.1, 0.15) is 0 Å². The van der Waals surface area contributed by atoms with Crippen LogP contribution >= 0.6 is 0 Å². The molecule has 8 heteroatoms. The first kappa shape index (κ1) is 17.3. The van der Waals surface area contributed by atoms with E-state index in [1.165, 1.54) is 6.33 Å². The van der Waals surface area contributed by atoms with E-state index in [0.717, 1.165) is 11.6 Å². The first-order valence-corrected chi connectivity index (χ1v) is 8.13. The lowest BCUT2D eigenvalue weighted by Gasteiger charge is -2.10. The van der Waals surface area contributed by atoms with Crippen LogP contribution in [0.25, 0.3) is 5.82 Å². The zero-order valence-electron chi connectivity index (χ0n) is 14.3. The molecule has 26 heavy (non-hydrogen) atoms. The molecule has 3 aromatic rings. The molecule has 0 bridgehead atoms. The molecule has 3 rings (SSSR count). The molecule has 0 fully saturated rings. The van der Waals surface area contributed by atoms with Crippen molar-refractivity contribution in [3.8, 4) is 11.6 Å². The van der Waals surface area contributed by atoms with Gasteiger partial charge in [-0.15, -0.1) is 0 Å². The Kier molecular flexibility index (Phi) is 5.66. The minimum atomic E-state index is -0.271. The summed E-state index contributed by atoms with van der Waals surface area (Å²) >= 11 is 0. The molecule has 0 atom stereocenters. The van der Waals surface area contributed by atoms with Crippen molar-refractivity contribution in [2.75, 3.05) is 30.8 Å². The third-order valence-electron chi connectivity index (χ3n) is 3.59. The highest BCUT2D eigenvalue weighted by atomic mass is 16.5. The van der Waals surface area contributed by atoms with Gasteiger partial charge in [-0.05, 0) is 36.4 Å². The predicted octanol–water partition coefficient (Wildman–Crippen LogP) is 2.51. The van der Waals surface area contributed by atoms with Gasteiger partial charge in [-0.2, -0.15) is 0 Å². The Bertz CT molecular complexity index is 833. The van der Waals surface area contributed by atoms with Gasteiger partial charge in [0.05, 0.1) is 7.11 Å². The average Bonchev–Trinajstić information content (AvgIpc) is 3.21. The minimum Gasteiger partial charge on any atom is -0.497 e. The normalized spacial score (nSPS) is 10.2. The average molecular weight is 352 g/mol. The summed E-state index contributed by atoms with van der Waals surface area (Å²) in [6.07, 6.45) is 5.33. The largest absolute Gasteiger partial charge is 0.497 e. The van der Waals surface area contributed by atoms with Gasteiger partial charge in [0.2, 0.25) is 0 Å². The SMILES string of the molecule is COc1ccc(NC(=O)NCCNc2cc(-n3cccc3)ncn2)cc1. The van der Waals surface area contributed by atoms with Crippen molar-refractivity contribution in [2.45, 2.75) is 0 Å². The number of carbonyl (C=O) groups is 1. The topological polar surface area (TPSA) is 93.1 Å². The Morgan fingerprint density at radius 1 is 1.12 bits per heavy atom. The third-order valence-corrected chi connectivity index (χ3v) is 3.59. The fourth-order valence-electron chi connectivity index (χ4n) is 2.29. The summed E-state index contributed by atoms with van der Waals surface area (Å²) in [5, 5.41) is 8.69. The molecular weight excluding hydrogens is 332 g/mol. The van der Waals surface area contributed by atoms with Crippen LogP contribution < -0.4 is 20.7 Å². The molecule has 0 spiro atoms. The standard InChI is InChI=1S/C18H20N6O2/c1-26-15-6-4-14(5-7-15)23-18(25)20-9-8-19-16-12-17(22-13-21-16)24-10-2-3-11-24/h2-7,10-13H,8-9H2,1H3,(H,19,21,22)(H2,20,23,25). The number of nitrogens with zero attached hydrogens (tertiary/aromatic N) is 3. The molecule has 3 N–H and O–H groups in total. The monoisotopic (exact) mass is 352 g/mol. The zero-order chi connectivity index (χ0) is 18.2. The summed E-state index contributed by atoms with van der Waals surface area (Å²) < 4.78 is 6.98. The molecule has 0 saturated heterocycles. The Hall–Kier alpha value is -3.55. The predicted molar refractivity (Wildman–Crippen MR) is 99.9 cm³/mol. The van der Waals surface area contributed by atoms with Crippen LogP contribution in [0.15, 0.2) is 61.2 Å². The Labute approximate surface area is 151 Å². The van der Waals surface area contributed by atoms with Gasteiger partial charge in [0.15, 0.2) is 0 Å². The van der Waals surface area contributed by atoms with Crippen molar-refractivity contribution < 1.29 is 9.53 Å². The molecule has 1 aromatic carbocycles. The molecule has 2 aromatic heterocycles. The molecule has 0 aliphatic heterocycles. The highest BCUT2D eigenvalue weighted by Gasteiger charge is 2.03. The second-order valence-electron chi connectivity index (χ2n) is 5.39. The van der Waals surface area contributed by atoms with Crippen molar-refractivity contribution in [3.63, 3.8) is 0 Å². The molecule has 8 nitrogen and oxygen atoms in total. The zero-order valence-corrected chi connectivity index (χ0v) is 14.3.